The number of ether oxygens (including phenoxy) is 1. The molecule has 5 rings (SSSR count). The number of carboxylic acids is 1. The number of nitrogens with zero attached hydrogens (tertiary/aromatic N) is 4. The molecule has 0 saturated heterocycles. The summed E-state index contributed by atoms with van der Waals surface area (Å²) in [6.07, 6.45) is 0. The Morgan fingerprint density at radius 3 is 2.46 bits per heavy atom. The number of aliphatic carboxylic acids is 1. The van der Waals surface area contributed by atoms with Crippen LogP contribution in [-0.4, -0.2) is 38.7 Å². The minimum atomic E-state index is -0.920. The van der Waals surface area contributed by atoms with E-state index in [1.165, 1.54) is 4.88 Å². The molecule has 1 N–H and O–H groups in total. The highest BCUT2D eigenvalue weighted by atomic mass is 32.1. The first kappa shape index (κ1) is 23.0. The van der Waals surface area contributed by atoms with E-state index >= 15 is 0 Å². The van der Waals surface area contributed by atoms with E-state index in [1.54, 1.807) is 25.4 Å². The van der Waals surface area contributed by atoms with Crippen molar-refractivity contribution in [2.24, 2.45) is 10.9 Å². The van der Waals surface area contributed by atoms with Gasteiger partial charge in [0.15, 0.2) is 5.82 Å². The Hall–Kier alpha value is -3.78. The molecule has 2 aromatic carbocycles. The Bertz CT molecular complexity index is 1470. The summed E-state index contributed by atoms with van der Waals surface area (Å²) in [6.45, 7) is 7.74. The molecular formula is C27H26N4O3S. The minimum absolute atomic E-state index is 0.558. The second kappa shape index (κ2) is 8.78. The number of aryl methyl sites for hydroxylation is 2. The summed E-state index contributed by atoms with van der Waals surface area (Å²) >= 11 is 1.66. The molecule has 4 aromatic rings. The van der Waals surface area contributed by atoms with Gasteiger partial charge in [0.25, 0.3) is 0 Å². The summed E-state index contributed by atoms with van der Waals surface area (Å²) in [6, 6.07) is 15.5. The monoisotopic (exact) mass is 486 g/mol. The Balaban J connectivity index is 1.69. The molecule has 2 aromatic heterocycles. The van der Waals surface area contributed by atoms with Gasteiger partial charge in [-0.15, -0.1) is 21.5 Å². The third-order valence-corrected chi connectivity index (χ3v) is 7.81. The van der Waals surface area contributed by atoms with Gasteiger partial charge in [0.2, 0.25) is 0 Å². The number of methoxy groups -OCH3 is 1. The molecule has 35 heavy (non-hydrogen) atoms. The van der Waals surface area contributed by atoms with E-state index in [-0.39, 0.29) is 0 Å². The van der Waals surface area contributed by atoms with Gasteiger partial charge in [0, 0.05) is 16.0 Å². The first-order valence-corrected chi connectivity index (χ1v) is 12.2. The zero-order valence-electron chi connectivity index (χ0n) is 20.2. The van der Waals surface area contributed by atoms with Crippen LogP contribution in [0.2, 0.25) is 0 Å². The average Bonchev–Trinajstić information content (AvgIpc) is 3.33. The largest absolute Gasteiger partial charge is 0.497 e. The number of carboxylic acid groups (broad SMARTS) is 1. The predicted molar refractivity (Wildman–Crippen MR) is 137 cm³/mol. The van der Waals surface area contributed by atoms with E-state index in [0.717, 1.165) is 50.1 Å². The zero-order valence-corrected chi connectivity index (χ0v) is 21.1. The first-order chi connectivity index (χ1) is 16.8. The van der Waals surface area contributed by atoms with Crippen molar-refractivity contribution in [1.82, 2.24) is 14.8 Å². The molecule has 0 spiro atoms. The number of fused-ring (bicyclic) bond motifs is 3. The second-order valence-electron chi connectivity index (χ2n) is 8.76. The fraction of sp³-hybridized carbons (Fsp3) is 0.259. The molecule has 178 valence electrons. The van der Waals surface area contributed by atoms with Crippen LogP contribution < -0.4 is 4.74 Å². The van der Waals surface area contributed by atoms with Crippen molar-refractivity contribution >= 4 is 23.0 Å². The van der Waals surface area contributed by atoms with Crippen LogP contribution in [0.25, 0.3) is 16.1 Å². The lowest BCUT2D eigenvalue weighted by Gasteiger charge is -2.16. The molecule has 8 heteroatoms. The molecule has 7 nitrogen and oxygen atoms in total. The van der Waals surface area contributed by atoms with E-state index in [9.17, 15) is 9.90 Å². The molecule has 1 aliphatic heterocycles. The van der Waals surface area contributed by atoms with Crippen LogP contribution in [0.1, 0.15) is 46.2 Å². The van der Waals surface area contributed by atoms with E-state index in [2.05, 4.69) is 36.2 Å². The van der Waals surface area contributed by atoms with Gasteiger partial charge in [0.1, 0.15) is 22.6 Å². The normalized spacial score (nSPS) is 15.6. The lowest BCUT2D eigenvalue weighted by molar-refractivity contribution is -0.141. The first-order valence-electron chi connectivity index (χ1n) is 11.4. The summed E-state index contributed by atoms with van der Waals surface area (Å²) in [4.78, 5) is 18.3. The second-order valence-corrected chi connectivity index (χ2v) is 9.97. The predicted octanol–water partition coefficient (Wildman–Crippen LogP) is 5.54. The standard InChI is InChI=1S/C27H26N4O3S/c1-14-16(3)35-26-22(14)24(28-23(15(2)27(32)33)25-30-29-17(4)31(25)26)19-11-9-18(10-12-19)20-7-6-8-21(13-20)34-5/h6-13,15,23H,1-5H3,(H,32,33)/t15?,23-/m0/s1. The van der Waals surface area contributed by atoms with Crippen LogP contribution in [-0.2, 0) is 4.79 Å². The Morgan fingerprint density at radius 2 is 1.77 bits per heavy atom. The van der Waals surface area contributed by atoms with E-state index < -0.39 is 17.9 Å². The van der Waals surface area contributed by atoms with Crippen molar-refractivity contribution in [3.63, 3.8) is 0 Å². The molecule has 0 fully saturated rings. The lowest BCUT2D eigenvalue weighted by atomic mass is 9.96. The third kappa shape index (κ3) is 3.83. The van der Waals surface area contributed by atoms with Crippen LogP contribution in [0, 0.1) is 26.7 Å². The van der Waals surface area contributed by atoms with Gasteiger partial charge < -0.3 is 9.84 Å². The Labute approximate surface area is 207 Å². The smallest absolute Gasteiger partial charge is 0.308 e. The number of benzene rings is 2. The minimum Gasteiger partial charge on any atom is -0.497 e. The maximum absolute atomic E-state index is 12.0. The van der Waals surface area contributed by atoms with E-state index in [4.69, 9.17) is 9.73 Å². The lowest BCUT2D eigenvalue weighted by Crippen LogP contribution is -2.21. The number of hydrogen-bond donors (Lipinski definition) is 1. The third-order valence-electron chi connectivity index (χ3n) is 6.61. The van der Waals surface area contributed by atoms with Crippen molar-refractivity contribution < 1.29 is 14.6 Å². The SMILES string of the molecule is COc1cccc(-c2ccc(C3=N[C@@H](C(C)C(=O)O)c4nnc(C)n4-c4sc(C)c(C)c43)cc2)c1. The van der Waals surface area contributed by atoms with Crippen LogP contribution in [0.5, 0.6) is 5.75 Å². The molecule has 0 radical (unpaired) electrons. The highest BCUT2D eigenvalue weighted by Gasteiger charge is 2.36. The summed E-state index contributed by atoms with van der Waals surface area (Å²) in [5.41, 5.74) is 5.96. The van der Waals surface area contributed by atoms with Crippen molar-refractivity contribution in [1.29, 1.82) is 0 Å². The van der Waals surface area contributed by atoms with Gasteiger partial charge in [0.05, 0.1) is 18.7 Å². The summed E-state index contributed by atoms with van der Waals surface area (Å²) in [7, 11) is 1.66. The summed E-state index contributed by atoms with van der Waals surface area (Å²) in [5, 5.41) is 19.5. The quantitative estimate of drug-likeness (QED) is 0.400. The number of aromatic nitrogens is 3. The Morgan fingerprint density at radius 1 is 1.06 bits per heavy atom. The fourth-order valence-corrected chi connectivity index (χ4v) is 5.65. The molecule has 0 bridgehead atoms. The van der Waals surface area contributed by atoms with Crippen molar-refractivity contribution in [2.45, 2.75) is 33.7 Å². The van der Waals surface area contributed by atoms with Gasteiger partial charge in [-0.2, -0.15) is 0 Å². The maximum Gasteiger partial charge on any atom is 0.308 e. The number of carbonyl (C=O) groups is 1. The van der Waals surface area contributed by atoms with Crippen molar-refractivity contribution in [3.05, 3.63) is 81.7 Å². The number of aliphatic imine (C=N–C) groups is 1. The van der Waals surface area contributed by atoms with Crippen molar-refractivity contribution in [3.8, 4) is 21.9 Å². The van der Waals surface area contributed by atoms with Crippen LogP contribution in [0.4, 0.5) is 0 Å². The van der Waals surface area contributed by atoms with Crippen LogP contribution in [0.3, 0.4) is 0 Å². The van der Waals surface area contributed by atoms with Crippen LogP contribution >= 0.6 is 11.3 Å². The van der Waals surface area contributed by atoms with Crippen molar-refractivity contribution in [2.75, 3.05) is 7.11 Å². The number of thiophene rings is 1. The molecule has 2 atom stereocenters. The topological polar surface area (TPSA) is 89.6 Å². The van der Waals surface area contributed by atoms with Gasteiger partial charge in [-0.1, -0.05) is 36.4 Å². The van der Waals surface area contributed by atoms with Gasteiger partial charge in [-0.3, -0.25) is 14.4 Å². The fourth-order valence-electron chi connectivity index (χ4n) is 4.44. The molecule has 1 aliphatic rings. The van der Waals surface area contributed by atoms with Gasteiger partial charge in [-0.05, 0) is 56.5 Å². The molecule has 3 heterocycles. The maximum atomic E-state index is 12.0. The Kier molecular flexibility index (Phi) is 5.76. The molecule has 0 aliphatic carbocycles. The summed E-state index contributed by atoms with van der Waals surface area (Å²) < 4.78 is 7.35. The highest BCUT2D eigenvalue weighted by molar-refractivity contribution is 7.15. The van der Waals surface area contributed by atoms with Gasteiger partial charge in [-0.25, -0.2) is 0 Å². The average molecular weight is 487 g/mol. The van der Waals surface area contributed by atoms with E-state index in [1.807, 2.05) is 47.9 Å². The molecular weight excluding hydrogens is 460 g/mol. The van der Waals surface area contributed by atoms with Crippen LogP contribution in [0.15, 0.2) is 53.5 Å². The van der Waals surface area contributed by atoms with E-state index in [0.29, 0.717) is 5.82 Å². The highest BCUT2D eigenvalue weighted by Crippen LogP contribution is 2.40. The molecule has 0 amide bonds. The van der Waals surface area contributed by atoms with Gasteiger partial charge >= 0.3 is 5.97 Å². The molecule has 1 unspecified atom stereocenters. The molecule has 0 saturated carbocycles. The summed E-state index contributed by atoms with van der Waals surface area (Å²) in [5.74, 6) is 0.395. The zero-order chi connectivity index (χ0) is 24.9. The number of rotatable bonds is 5. The number of hydrogen-bond acceptors (Lipinski definition) is 6.